The molecule has 1 aromatic heterocycles. The topological polar surface area (TPSA) is 52.6 Å². The number of rotatable bonds is 2. The van der Waals surface area contributed by atoms with Gasteiger partial charge in [0, 0.05) is 45.5 Å². The lowest BCUT2D eigenvalue weighted by Crippen LogP contribution is -2.57. The van der Waals surface area contributed by atoms with E-state index in [1.807, 2.05) is 20.0 Å². The molecule has 0 aromatic carbocycles. The van der Waals surface area contributed by atoms with Gasteiger partial charge in [-0.15, -0.1) is 0 Å². The fourth-order valence-electron chi connectivity index (χ4n) is 2.26. The maximum Gasteiger partial charge on any atom is 0.241 e. The predicted octanol–water partition coefficient (Wildman–Crippen LogP) is -0.00638. The van der Waals surface area contributed by atoms with Crippen LogP contribution < -0.4 is 4.90 Å². The van der Waals surface area contributed by atoms with Crippen LogP contribution >= 0.6 is 0 Å². The first-order chi connectivity index (χ1) is 8.99. The van der Waals surface area contributed by atoms with Gasteiger partial charge in [-0.2, -0.15) is 0 Å². The fourth-order valence-corrected chi connectivity index (χ4v) is 2.26. The van der Waals surface area contributed by atoms with Crippen LogP contribution in [0.2, 0.25) is 0 Å². The summed E-state index contributed by atoms with van der Waals surface area (Å²) >= 11 is 0. The van der Waals surface area contributed by atoms with Crippen LogP contribution in [0.4, 0.5) is 5.82 Å². The number of aryl methyl sites for hydroxylation is 1. The average Bonchev–Trinajstić information content (AvgIpc) is 2.38. The molecule has 0 bridgehead atoms. The SMILES string of the molecule is Cc1cc(N2CCN(C)[C@@H](C(=O)N(C)C)C2)ncn1. The van der Waals surface area contributed by atoms with Crippen molar-refractivity contribution in [2.24, 2.45) is 0 Å². The molecule has 0 saturated carbocycles. The Labute approximate surface area is 114 Å². The van der Waals surface area contributed by atoms with E-state index in [0.29, 0.717) is 6.54 Å². The zero-order chi connectivity index (χ0) is 14.0. The van der Waals surface area contributed by atoms with Gasteiger partial charge in [0.05, 0.1) is 0 Å². The molecule has 19 heavy (non-hydrogen) atoms. The number of hydrogen-bond donors (Lipinski definition) is 0. The van der Waals surface area contributed by atoms with E-state index in [2.05, 4.69) is 19.8 Å². The van der Waals surface area contributed by atoms with Crippen LogP contribution in [-0.2, 0) is 4.79 Å². The maximum atomic E-state index is 12.2. The molecule has 0 unspecified atom stereocenters. The summed E-state index contributed by atoms with van der Waals surface area (Å²) in [4.78, 5) is 26.5. The fraction of sp³-hybridized carbons (Fsp3) is 0.615. The second-order valence-electron chi connectivity index (χ2n) is 5.19. The summed E-state index contributed by atoms with van der Waals surface area (Å²) in [6, 6.07) is 1.85. The van der Waals surface area contributed by atoms with Crippen molar-refractivity contribution in [3.8, 4) is 0 Å². The van der Waals surface area contributed by atoms with Crippen LogP contribution in [0.1, 0.15) is 5.69 Å². The quantitative estimate of drug-likeness (QED) is 0.751. The first-order valence-electron chi connectivity index (χ1n) is 6.44. The molecule has 0 spiro atoms. The normalized spacial score (nSPS) is 20.4. The molecule has 0 radical (unpaired) electrons. The third-order valence-corrected chi connectivity index (χ3v) is 3.49. The molecule has 6 heteroatoms. The van der Waals surface area contributed by atoms with E-state index in [1.165, 1.54) is 0 Å². The summed E-state index contributed by atoms with van der Waals surface area (Å²) in [5.74, 6) is 1.04. The largest absolute Gasteiger partial charge is 0.353 e. The van der Waals surface area contributed by atoms with Gasteiger partial charge in [0.2, 0.25) is 5.91 Å². The third kappa shape index (κ3) is 3.01. The minimum atomic E-state index is -0.112. The molecule has 1 aromatic rings. The second-order valence-corrected chi connectivity index (χ2v) is 5.19. The molecule has 0 N–H and O–H groups in total. The summed E-state index contributed by atoms with van der Waals surface area (Å²) in [6.07, 6.45) is 1.58. The first kappa shape index (κ1) is 13.7. The van der Waals surface area contributed by atoms with E-state index in [4.69, 9.17) is 0 Å². The minimum absolute atomic E-state index is 0.112. The number of nitrogens with zero attached hydrogens (tertiary/aromatic N) is 5. The van der Waals surface area contributed by atoms with Crippen molar-refractivity contribution in [2.75, 3.05) is 45.7 Å². The summed E-state index contributed by atoms with van der Waals surface area (Å²) in [7, 11) is 5.59. The maximum absolute atomic E-state index is 12.2. The smallest absolute Gasteiger partial charge is 0.241 e. The van der Waals surface area contributed by atoms with E-state index in [1.54, 1.807) is 25.3 Å². The van der Waals surface area contributed by atoms with E-state index in [9.17, 15) is 4.79 Å². The van der Waals surface area contributed by atoms with Crippen LogP contribution in [-0.4, -0.2) is 72.5 Å². The Morgan fingerprint density at radius 1 is 1.37 bits per heavy atom. The standard InChI is InChI=1S/C13H21N5O/c1-10-7-12(15-9-14-10)18-6-5-17(4)11(8-18)13(19)16(2)3/h7,9,11H,5-6,8H2,1-4H3/t11-/m1/s1. The van der Waals surface area contributed by atoms with Gasteiger partial charge in [-0.25, -0.2) is 9.97 Å². The summed E-state index contributed by atoms with van der Waals surface area (Å²) in [5.41, 5.74) is 0.944. The Morgan fingerprint density at radius 2 is 2.11 bits per heavy atom. The molecule has 0 aliphatic carbocycles. The number of likely N-dealkylation sites (N-methyl/N-ethyl adjacent to an activating group) is 2. The highest BCUT2D eigenvalue weighted by molar-refractivity contribution is 5.82. The molecule has 2 heterocycles. The first-order valence-corrected chi connectivity index (χ1v) is 6.44. The van der Waals surface area contributed by atoms with Crippen molar-refractivity contribution in [2.45, 2.75) is 13.0 Å². The van der Waals surface area contributed by atoms with Crippen molar-refractivity contribution < 1.29 is 4.79 Å². The second kappa shape index (κ2) is 5.52. The number of carbonyl (C=O) groups is 1. The molecule has 1 saturated heterocycles. The lowest BCUT2D eigenvalue weighted by atomic mass is 10.1. The molecule has 1 aliphatic rings. The Hall–Kier alpha value is -1.69. The molecule has 1 atom stereocenters. The van der Waals surface area contributed by atoms with Crippen molar-refractivity contribution in [3.05, 3.63) is 18.1 Å². The number of anilines is 1. The number of amides is 1. The van der Waals surface area contributed by atoms with Crippen molar-refractivity contribution in [3.63, 3.8) is 0 Å². The van der Waals surface area contributed by atoms with E-state index >= 15 is 0 Å². The number of piperazine rings is 1. The van der Waals surface area contributed by atoms with Crippen LogP contribution in [0.3, 0.4) is 0 Å². The van der Waals surface area contributed by atoms with Gasteiger partial charge in [0.25, 0.3) is 0 Å². The van der Waals surface area contributed by atoms with Crippen LogP contribution in [0, 0.1) is 6.92 Å². The van der Waals surface area contributed by atoms with E-state index < -0.39 is 0 Å². The summed E-state index contributed by atoms with van der Waals surface area (Å²) in [6.45, 7) is 4.35. The molecule has 1 fully saturated rings. The zero-order valence-electron chi connectivity index (χ0n) is 12.0. The predicted molar refractivity (Wildman–Crippen MR) is 74.1 cm³/mol. The van der Waals surface area contributed by atoms with Gasteiger partial charge < -0.3 is 9.80 Å². The number of hydrogen-bond acceptors (Lipinski definition) is 5. The Kier molecular flexibility index (Phi) is 3.99. The molecule has 1 aliphatic heterocycles. The highest BCUT2D eigenvalue weighted by Crippen LogP contribution is 2.17. The van der Waals surface area contributed by atoms with Crippen molar-refractivity contribution in [1.82, 2.24) is 19.8 Å². The molecule has 104 valence electrons. The summed E-state index contributed by atoms with van der Waals surface area (Å²) in [5, 5.41) is 0. The van der Waals surface area contributed by atoms with E-state index in [-0.39, 0.29) is 11.9 Å². The lowest BCUT2D eigenvalue weighted by Gasteiger charge is -2.40. The number of aromatic nitrogens is 2. The summed E-state index contributed by atoms with van der Waals surface area (Å²) < 4.78 is 0. The van der Waals surface area contributed by atoms with Crippen LogP contribution in [0.5, 0.6) is 0 Å². The van der Waals surface area contributed by atoms with Crippen molar-refractivity contribution in [1.29, 1.82) is 0 Å². The number of carbonyl (C=O) groups excluding carboxylic acids is 1. The Bertz CT molecular complexity index is 462. The van der Waals surface area contributed by atoms with Gasteiger partial charge in [0.15, 0.2) is 0 Å². The Balaban J connectivity index is 2.15. The molecule has 6 nitrogen and oxygen atoms in total. The van der Waals surface area contributed by atoms with Gasteiger partial charge in [0.1, 0.15) is 18.2 Å². The molecule has 1 amide bonds. The van der Waals surface area contributed by atoms with Gasteiger partial charge >= 0.3 is 0 Å². The van der Waals surface area contributed by atoms with E-state index in [0.717, 1.165) is 24.6 Å². The van der Waals surface area contributed by atoms with Gasteiger partial charge in [-0.05, 0) is 14.0 Å². The third-order valence-electron chi connectivity index (χ3n) is 3.49. The van der Waals surface area contributed by atoms with Gasteiger partial charge in [-0.1, -0.05) is 0 Å². The highest BCUT2D eigenvalue weighted by Gasteiger charge is 2.31. The molecule has 2 rings (SSSR count). The zero-order valence-corrected chi connectivity index (χ0v) is 12.0. The molecular weight excluding hydrogens is 242 g/mol. The van der Waals surface area contributed by atoms with Crippen LogP contribution in [0.15, 0.2) is 12.4 Å². The monoisotopic (exact) mass is 263 g/mol. The van der Waals surface area contributed by atoms with Crippen molar-refractivity contribution >= 4 is 11.7 Å². The lowest BCUT2D eigenvalue weighted by molar-refractivity contribution is -0.134. The molecular formula is C13H21N5O. The van der Waals surface area contributed by atoms with Gasteiger partial charge in [-0.3, -0.25) is 9.69 Å². The minimum Gasteiger partial charge on any atom is -0.353 e. The Morgan fingerprint density at radius 3 is 2.74 bits per heavy atom. The average molecular weight is 263 g/mol. The van der Waals surface area contributed by atoms with Crippen LogP contribution in [0.25, 0.3) is 0 Å². The highest BCUT2D eigenvalue weighted by atomic mass is 16.2.